The Morgan fingerprint density at radius 2 is 1.83 bits per heavy atom. The Bertz CT molecular complexity index is 414. The Kier molecular flexibility index (Phi) is 6.69. The minimum atomic E-state index is -0.376. The van der Waals surface area contributed by atoms with E-state index in [1.807, 2.05) is 4.90 Å². The molecule has 2 fully saturated rings. The van der Waals surface area contributed by atoms with Crippen LogP contribution in [0.15, 0.2) is 0 Å². The smallest absolute Gasteiger partial charge is 0.410 e. The molecule has 0 unspecified atom stereocenters. The van der Waals surface area contributed by atoms with Crippen LogP contribution in [0.5, 0.6) is 0 Å². The fraction of sp³-hybridized carbons (Fsp3) is 0.882. The molecule has 0 saturated carbocycles. The van der Waals surface area contributed by atoms with Gasteiger partial charge in [0.15, 0.2) is 0 Å². The average Bonchev–Trinajstić information content (AvgIpc) is 2.78. The van der Waals surface area contributed by atoms with E-state index in [-0.39, 0.29) is 18.0 Å². The van der Waals surface area contributed by atoms with Crippen LogP contribution in [0.25, 0.3) is 0 Å². The highest BCUT2D eigenvalue weighted by molar-refractivity contribution is 5.86. The summed E-state index contributed by atoms with van der Waals surface area (Å²) in [7, 11) is 1.38. The van der Waals surface area contributed by atoms with E-state index >= 15 is 0 Å². The molecule has 1 atom stereocenters. The van der Waals surface area contributed by atoms with Crippen molar-refractivity contribution in [2.24, 2.45) is 5.92 Å². The van der Waals surface area contributed by atoms with Crippen molar-refractivity contribution in [2.45, 2.75) is 45.6 Å². The summed E-state index contributed by atoms with van der Waals surface area (Å²) in [6.07, 6.45) is 3.32. The number of nitrogens with zero attached hydrogens (tertiary/aromatic N) is 3. The summed E-state index contributed by atoms with van der Waals surface area (Å²) in [6.45, 7) is 9.68. The van der Waals surface area contributed by atoms with Crippen molar-refractivity contribution in [3.05, 3.63) is 0 Å². The third kappa shape index (κ3) is 4.83. The molecule has 0 aromatic carbocycles. The van der Waals surface area contributed by atoms with E-state index in [1.165, 1.54) is 7.11 Å². The summed E-state index contributed by atoms with van der Waals surface area (Å²) in [4.78, 5) is 30.9. The first-order valence-electron chi connectivity index (χ1n) is 8.88. The minimum absolute atomic E-state index is 0.0986. The lowest BCUT2D eigenvalue weighted by Crippen LogP contribution is -2.53. The summed E-state index contributed by atoms with van der Waals surface area (Å²) in [6, 6.07) is -0.340. The van der Waals surface area contributed by atoms with E-state index in [0.29, 0.717) is 12.5 Å². The third-order valence-electron chi connectivity index (χ3n) is 4.72. The lowest BCUT2D eigenvalue weighted by Gasteiger charge is -2.36. The molecule has 2 saturated heterocycles. The van der Waals surface area contributed by atoms with E-state index in [1.54, 1.807) is 4.90 Å². The molecule has 0 aliphatic carbocycles. The molecule has 6 nitrogen and oxygen atoms in total. The van der Waals surface area contributed by atoms with Gasteiger partial charge < -0.3 is 14.5 Å². The van der Waals surface area contributed by atoms with Crippen molar-refractivity contribution in [3.8, 4) is 0 Å². The number of hydrogen-bond donors (Lipinski definition) is 0. The fourth-order valence-corrected chi connectivity index (χ4v) is 3.63. The average molecular weight is 325 g/mol. The minimum Gasteiger partial charge on any atom is -0.453 e. The molecule has 2 rings (SSSR count). The first-order valence-corrected chi connectivity index (χ1v) is 8.88. The lowest BCUT2D eigenvalue weighted by atomic mass is 10.0. The highest BCUT2D eigenvalue weighted by Gasteiger charge is 2.35. The van der Waals surface area contributed by atoms with Gasteiger partial charge in [-0.05, 0) is 38.1 Å². The maximum atomic E-state index is 12.9. The molecule has 0 radical (unpaired) electrons. The van der Waals surface area contributed by atoms with Crippen LogP contribution in [0.1, 0.15) is 39.5 Å². The fourth-order valence-electron chi connectivity index (χ4n) is 3.63. The Balaban J connectivity index is 1.96. The highest BCUT2D eigenvalue weighted by atomic mass is 16.5. The molecular formula is C17H31N3O3. The van der Waals surface area contributed by atoms with Gasteiger partial charge in [0.25, 0.3) is 0 Å². The predicted molar refractivity (Wildman–Crippen MR) is 89.2 cm³/mol. The summed E-state index contributed by atoms with van der Waals surface area (Å²) >= 11 is 0. The van der Waals surface area contributed by atoms with Crippen molar-refractivity contribution in [1.29, 1.82) is 0 Å². The topological polar surface area (TPSA) is 53.1 Å². The monoisotopic (exact) mass is 325 g/mol. The molecule has 2 heterocycles. The number of likely N-dealkylation sites (tertiary alicyclic amines) is 1. The lowest BCUT2D eigenvalue weighted by molar-refractivity contribution is -0.137. The van der Waals surface area contributed by atoms with Crippen LogP contribution >= 0.6 is 0 Å². The van der Waals surface area contributed by atoms with Gasteiger partial charge >= 0.3 is 6.09 Å². The molecule has 0 bridgehead atoms. The van der Waals surface area contributed by atoms with Gasteiger partial charge in [0, 0.05) is 32.7 Å². The van der Waals surface area contributed by atoms with E-state index in [9.17, 15) is 9.59 Å². The van der Waals surface area contributed by atoms with Gasteiger partial charge in [-0.1, -0.05) is 13.8 Å². The van der Waals surface area contributed by atoms with Crippen molar-refractivity contribution in [3.63, 3.8) is 0 Å². The second-order valence-electron chi connectivity index (χ2n) is 7.05. The number of carbonyl (C=O) groups excluding carboxylic acids is 2. The quantitative estimate of drug-likeness (QED) is 0.794. The molecule has 6 heteroatoms. The SMILES string of the molecule is COC(=O)N1CCCC[C@@H]1C(=O)N1CCCN(CC(C)C)CC1. The van der Waals surface area contributed by atoms with E-state index < -0.39 is 0 Å². The first kappa shape index (κ1) is 18.0. The number of methoxy groups -OCH3 is 1. The Hall–Kier alpha value is -1.30. The largest absolute Gasteiger partial charge is 0.453 e. The van der Waals surface area contributed by atoms with Gasteiger partial charge in [0.05, 0.1) is 7.11 Å². The number of rotatable bonds is 3. The van der Waals surface area contributed by atoms with Crippen LogP contribution in [0.4, 0.5) is 4.79 Å². The normalized spacial score (nSPS) is 23.7. The van der Waals surface area contributed by atoms with E-state index in [4.69, 9.17) is 4.74 Å². The number of ether oxygens (including phenoxy) is 1. The zero-order valence-electron chi connectivity index (χ0n) is 14.8. The molecule has 2 aliphatic heterocycles. The molecule has 0 aromatic rings. The van der Waals surface area contributed by atoms with Gasteiger partial charge in [-0.2, -0.15) is 0 Å². The summed E-state index contributed by atoms with van der Waals surface area (Å²) in [5.41, 5.74) is 0. The standard InChI is InChI=1S/C17H31N3O3/c1-14(2)13-18-8-6-9-19(12-11-18)16(21)15-7-4-5-10-20(15)17(22)23-3/h14-15H,4-13H2,1-3H3/t15-/m1/s1. The van der Waals surface area contributed by atoms with Crippen LogP contribution < -0.4 is 0 Å². The molecule has 0 N–H and O–H groups in total. The first-order chi connectivity index (χ1) is 11.0. The Morgan fingerprint density at radius 1 is 1.04 bits per heavy atom. The van der Waals surface area contributed by atoms with Crippen molar-refractivity contribution < 1.29 is 14.3 Å². The molecule has 132 valence electrons. The number of carbonyl (C=O) groups is 2. The summed E-state index contributed by atoms with van der Waals surface area (Å²) in [5, 5.41) is 0. The van der Waals surface area contributed by atoms with Gasteiger partial charge in [-0.25, -0.2) is 4.79 Å². The van der Waals surface area contributed by atoms with Gasteiger partial charge in [0.1, 0.15) is 6.04 Å². The molecule has 0 aromatic heterocycles. The van der Waals surface area contributed by atoms with Gasteiger partial charge in [-0.15, -0.1) is 0 Å². The van der Waals surface area contributed by atoms with Crippen LogP contribution in [-0.4, -0.2) is 79.1 Å². The highest BCUT2D eigenvalue weighted by Crippen LogP contribution is 2.20. The molecule has 2 aliphatic rings. The van der Waals surface area contributed by atoms with Crippen LogP contribution in [0.3, 0.4) is 0 Å². The zero-order chi connectivity index (χ0) is 16.8. The van der Waals surface area contributed by atoms with E-state index in [0.717, 1.165) is 58.4 Å². The summed E-state index contributed by atoms with van der Waals surface area (Å²) < 4.78 is 4.85. The molecule has 0 spiro atoms. The van der Waals surface area contributed by atoms with E-state index in [2.05, 4.69) is 18.7 Å². The maximum absolute atomic E-state index is 12.9. The van der Waals surface area contributed by atoms with Crippen LogP contribution in [-0.2, 0) is 9.53 Å². The van der Waals surface area contributed by atoms with Crippen LogP contribution in [0.2, 0.25) is 0 Å². The maximum Gasteiger partial charge on any atom is 0.410 e. The molecule has 23 heavy (non-hydrogen) atoms. The predicted octanol–water partition coefficient (Wildman–Crippen LogP) is 1.80. The number of hydrogen-bond acceptors (Lipinski definition) is 4. The van der Waals surface area contributed by atoms with Gasteiger partial charge in [-0.3, -0.25) is 9.69 Å². The Morgan fingerprint density at radius 3 is 2.52 bits per heavy atom. The number of amides is 2. The number of piperidine rings is 1. The molecular weight excluding hydrogens is 294 g/mol. The Labute approximate surface area is 139 Å². The van der Waals surface area contributed by atoms with Crippen molar-refractivity contribution in [1.82, 2.24) is 14.7 Å². The van der Waals surface area contributed by atoms with Crippen LogP contribution in [0, 0.1) is 5.92 Å². The second-order valence-corrected chi connectivity index (χ2v) is 7.05. The van der Waals surface area contributed by atoms with Gasteiger partial charge in [0.2, 0.25) is 5.91 Å². The van der Waals surface area contributed by atoms with Crippen molar-refractivity contribution >= 4 is 12.0 Å². The molecule has 2 amide bonds. The van der Waals surface area contributed by atoms with Crippen molar-refractivity contribution in [2.75, 3.05) is 46.4 Å². The third-order valence-corrected chi connectivity index (χ3v) is 4.72. The zero-order valence-corrected chi connectivity index (χ0v) is 14.8. The second kappa shape index (κ2) is 8.52. The summed E-state index contributed by atoms with van der Waals surface area (Å²) in [5.74, 6) is 0.743.